The first-order valence-electron chi connectivity index (χ1n) is 5.56. The number of rotatable bonds is 2. The van der Waals surface area contributed by atoms with E-state index < -0.39 is 12.1 Å². The molecule has 0 bridgehead atoms. The van der Waals surface area contributed by atoms with Gasteiger partial charge in [-0.25, -0.2) is 4.79 Å². The van der Waals surface area contributed by atoms with E-state index in [2.05, 4.69) is 5.32 Å². The molecule has 1 fully saturated rings. The molecule has 0 spiro atoms. The number of aliphatic hydroxyl groups is 1. The quantitative estimate of drug-likeness (QED) is 0.632. The van der Waals surface area contributed by atoms with E-state index in [1.807, 2.05) is 0 Å². The number of hydrogen-bond donors (Lipinski definition) is 3. The van der Waals surface area contributed by atoms with Gasteiger partial charge < -0.3 is 20.3 Å². The normalized spacial score (nSPS) is 23.0. The number of β-amino-alcohol motifs (C(OH)–C–C–N with tert-alkyl or cyclic N) is 1. The zero-order valence-corrected chi connectivity index (χ0v) is 10.2. The third-order valence-corrected chi connectivity index (χ3v) is 2.20. The van der Waals surface area contributed by atoms with Crippen LogP contribution in [0.3, 0.4) is 0 Å². The van der Waals surface area contributed by atoms with Gasteiger partial charge in [-0.15, -0.1) is 0 Å². The Kier molecular flexibility index (Phi) is 7.38. The van der Waals surface area contributed by atoms with Gasteiger partial charge in [-0.2, -0.15) is 13.2 Å². The summed E-state index contributed by atoms with van der Waals surface area (Å²) in [6, 6.07) is -0.214. The minimum atomic E-state index is -5.08. The van der Waals surface area contributed by atoms with Crippen LogP contribution in [0, 0.1) is 0 Å². The molecule has 0 aliphatic carbocycles. The van der Waals surface area contributed by atoms with Crippen molar-refractivity contribution >= 4 is 11.9 Å². The highest BCUT2D eigenvalue weighted by molar-refractivity contribution is 5.75. The number of aliphatic carboxylic acids is 1. The predicted molar refractivity (Wildman–Crippen MR) is 57.4 cm³/mol. The number of aliphatic hydroxyl groups excluding tert-OH is 1. The van der Waals surface area contributed by atoms with Gasteiger partial charge in [0.15, 0.2) is 0 Å². The first-order chi connectivity index (χ1) is 8.68. The number of carboxylic acid groups (broad SMARTS) is 1. The third kappa shape index (κ3) is 7.62. The van der Waals surface area contributed by atoms with Crippen LogP contribution in [0.1, 0.15) is 19.8 Å². The van der Waals surface area contributed by atoms with Crippen molar-refractivity contribution < 1.29 is 37.7 Å². The molecular weight excluding hydrogens is 271 g/mol. The summed E-state index contributed by atoms with van der Waals surface area (Å²) in [7, 11) is 0. The fraction of sp³-hybridized carbons (Fsp3) is 0.800. The Morgan fingerprint density at radius 3 is 2.21 bits per heavy atom. The van der Waals surface area contributed by atoms with Crippen molar-refractivity contribution in [2.24, 2.45) is 0 Å². The summed E-state index contributed by atoms with van der Waals surface area (Å²) in [5.41, 5.74) is 0. The second kappa shape index (κ2) is 7.95. The number of hydrogen-bond acceptors (Lipinski definition) is 5. The van der Waals surface area contributed by atoms with Gasteiger partial charge in [0.25, 0.3) is 0 Å². The molecule has 9 heteroatoms. The van der Waals surface area contributed by atoms with Crippen molar-refractivity contribution in [3.8, 4) is 0 Å². The number of piperidine rings is 1. The van der Waals surface area contributed by atoms with Gasteiger partial charge >= 0.3 is 18.1 Å². The summed E-state index contributed by atoms with van der Waals surface area (Å²) in [4.78, 5) is 20.0. The molecule has 1 saturated heterocycles. The van der Waals surface area contributed by atoms with Gasteiger partial charge in [-0.1, -0.05) is 0 Å². The topological polar surface area (TPSA) is 95.9 Å². The lowest BCUT2D eigenvalue weighted by atomic mass is 10.0. The number of carbonyl (C=O) groups is 2. The molecular formula is C10H16F3NO5. The molecule has 3 N–H and O–H groups in total. The van der Waals surface area contributed by atoms with E-state index in [0.717, 1.165) is 0 Å². The molecule has 2 atom stereocenters. The van der Waals surface area contributed by atoms with E-state index in [9.17, 15) is 18.0 Å². The van der Waals surface area contributed by atoms with Gasteiger partial charge in [-0.3, -0.25) is 4.79 Å². The minimum Gasteiger partial charge on any atom is -0.475 e. The number of halogens is 3. The Morgan fingerprint density at radius 2 is 1.89 bits per heavy atom. The van der Waals surface area contributed by atoms with Gasteiger partial charge in [-0.05, 0) is 19.8 Å². The molecule has 1 aliphatic heterocycles. The van der Waals surface area contributed by atoms with Crippen LogP contribution in [0.25, 0.3) is 0 Å². The Bertz CT molecular complexity index is 300. The number of ether oxygens (including phenoxy) is 1. The molecule has 1 aliphatic rings. The summed E-state index contributed by atoms with van der Waals surface area (Å²) >= 11 is 0. The fourth-order valence-corrected chi connectivity index (χ4v) is 1.29. The summed E-state index contributed by atoms with van der Waals surface area (Å²) in [5, 5.41) is 19.2. The van der Waals surface area contributed by atoms with Crippen molar-refractivity contribution in [2.75, 3.05) is 13.2 Å². The minimum absolute atomic E-state index is 0.204. The van der Waals surface area contributed by atoms with Crippen molar-refractivity contribution in [1.29, 1.82) is 0 Å². The van der Waals surface area contributed by atoms with Gasteiger partial charge in [0.1, 0.15) is 6.04 Å². The summed E-state index contributed by atoms with van der Waals surface area (Å²) < 4.78 is 36.6. The van der Waals surface area contributed by atoms with Crippen molar-refractivity contribution in [1.82, 2.24) is 5.32 Å². The molecule has 0 aromatic rings. The number of alkyl halides is 3. The maximum absolute atomic E-state index is 11.1. The molecule has 0 amide bonds. The van der Waals surface area contributed by atoms with Crippen LogP contribution in [0.5, 0.6) is 0 Å². The van der Waals surface area contributed by atoms with Crippen LogP contribution in [-0.2, 0) is 14.3 Å². The largest absolute Gasteiger partial charge is 0.490 e. The molecule has 112 valence electrons. The Hall–Kier alpha value is -1.35. The van der Waals surface area contributed by atoms with Crippen molar-refractivity contribution in [3.05, 3.63) is 0 Å². The predicted octanol–water partition coefficient (Wildman–Crippen LogP) is 0.296. The smallest absolute Gasteiger partial charge is 0.475 e. The molecule has 6 nitrogen and oxygen atoms in total. The molecule has 1 heterocycles. The van der Waals surface area contributed by atoms with Gasteiger partial charge in [0.05, 0.1) is 12.7 Å². The number of esters is 1. The van der Waals surface area contributed by atoms with Gasteiger partial charge in [0, 0.05) is 6.54 Å². The zero-order chi connectivity index (χ0) is 15.1. The summed E-state index contributed by atoms with van der Waals surface area (Å²) in [6.45, 7) is 2.69. The number of carbonyl (C=O) groups excluding carboxylic acids is 1. The maximum atomic E-state index is 11.1. The van der Waals surface area contributed by atoms with Crippen LogP contribution in [0.2, 0.25) is 0 Å². The first-order valence-corrected chi connectivity index (χ1v) is 5.56. The van der Waals surface area contributed by atoms with E-state index in [1.54, 1.807) is 6.92 Å². The Balaban J connectivity index is 0.000000399. The molecule has 19 heavy (non-hydrogen) atoms. The van der Waals surface area contributed by atoms with Crippen LogP contribution >= 0.6 is 0 Å². The standard InChI is InChI=1S/C8H15NO3.C2HF3O2/c1-2-12-8(11)7-4-3-6(10)5-9-7;3-2(4,5)1(6)7/h6-7,9-10H,2-5H2,1H3;(H,6,7)/t6-,7-;/m0./s1. The highest BCUT2D eigenvalue weighted by atomic mass is 19.4. The monoisotopic (exact) mass is 287 g/mol. The highest BCUT2D eigenvalue weighted by Crippen LogP contribution is 2.13. The molecule has 0 aromatic carbocycles. The lowest BCUT2D eigenvalue weighted by molar-refractivity contribution is -0.192. The van der Waals surface area contributed by atoms with Crippen LogP contribution in [0.4, 0.5) is 13.2 Å². The Labute approximate surface area is 107 Å². The SMILES string of the molecule is CCOC(=O)[C@@H]1CC[C@H](O)CN1.O=C(O)C(F)(F)F. The fourth-order valence-electron chi connectivity index (χ4n) is 1.29. The second-order valence-electron chi connectivity index (χ2n) is 3.75. The van der Waals surface area contributed by atoms with Crippen LogP contribution in [0.15, 0.2) is 0 Å². The molecule has 1 rings (SSSR count). The van der Waals surface area contributed by atoms with E-state index in [1.165, 1.54) is 0 Å². The Morgan fingerprint density at radius 1 is 1.37 bits per heavy atom. The molecule has 0 aromatic heterocycles. The maximum Gasteiger partial charge on any atom is 0.490 e. The first kappa shape index (κ1) is 17.6. The van der Waals surface area contributed by atoms with E-state index >= 15 is 0 Å². The lowest BCUT2D eigenvalue weighted by Crippen LogP contribution is -2.46. The van der Waals surface area contributed by atoms with Crippen molar-refractivity contribution in [2.45, 2.75) is 38.1 Å². The van der Waals surface area contributed by atoms with Crippen molar-refractivity contribution in [3.63, 3.8) is 0 Å². The summed E-state index contributed by atoms with van der Waals surface area (Å²) in [6.07, 6.45) is -4.05. The summed E-state index contributed by atoms with van der Waals surface area (Å²) in [5.74, 6) is -2.96. The second-order valence-corrected chi connectivity index (χ2v) is 3.75. The average molecular weight is 287 g/mol. The average Bonchev–Trinajstić information content (AvgIpc) is 2.29. The number of nitrogens with one attached hydrogen (secondary N) is 1. The molecule has 0 radical (unpaired) electrons. The highest BCUT2D eigenvalue weighted by Gasteiger charge is 2.38. The van der Waals surface area contributed by atoms with E-state index in [0.29, 0.717) is 26.0 Å². The van der Waals surface area contributed by atoms with E-state index in [-0.39, 0.29) is 18.1 Å². The molecule has 0 saturated carbocycles. The van der Waals surface area contributed by atoms with Crippen LogP contribution < -0.4 is 5.32 Å². The number of carboxylic acids is 1. The van der Waals surface area contributed by atoms with Crippen LogP contribution in [-0.4, -0.2) is 53.6 Å². The zero-order valence-electron chi connectivity index (χ0n) is 10.2. The van der Waals surface area contributed by atoms with E-state index in [4.69, 9.17) is 19.7 Å². The lowest BCUT2D eigenvalue weighted by Gasteiger charge is -2.25. The molecule has 0 unspecified atom stereocenters. The third-order valence-electron chi connectivity index (χ3n) is 2.20. The van der Waals surface area contributed by atoms with Gasteiger partial charge in [0.2, 0.25) is 0 Å².